The normalized spacial score (nSPS) is 10.4. The van der Waals surface area contributed by atoms with Crippen LogP contribution in [0.15, 0.2) is 28.7 Å². The molecule has 0 unspecified atom stereocenters. The molecule has 0 N–H and O–H groups in total. The van der Waals surface area contributed by atoms with Gasteiger partial charge in [0.05, 0.1) is 6.61 Å². The number of unbranched alkanes of at least 4 members (excludes halogenated alkanes) is 1. The maximum Gasteiger partial charge on any atom is 0.0727 e. The average Bonchev–Trinajstić information content (AvgIpc) is 2.20. The van der Waals surface area contributed by atoms with Crippen molar-refractivity contribution in [1.29, 1.82) is 0 Å². The molecule has 0 saturated carbocycles. The zero-order valence-electron chi connectivity index (χ0n) is 8.01. The van der Waals surface area contributed by atoms with Crippen LogP contribution in [-0.2, 0) is 11.3 Å². The molecule has 0 saturated heterocycles. The molecule has 0 heterocycles. The van der Waals surface area contributed by atoms with E-state index in [1.54, 1.807) is 0 Å². The first-order valence-corrected chi connectivity index (χ1v) is 6.63. The Labute approximate surface area is 102 Å². The third kappa shape index (κ3) is 4.58. The van der Waals surface area contributed by atoms with Gasteiger partial charge in [0.25, 0.3) is 0 Å². The highest BCUT2D eigenvalue weighted by Crippen LogP contribution is 2.16. The van der Waals surface area contributed by atoms with E-state index in [0.717, 1.165) is 22.8 Å². The van der Waals surface area contributed by atoms with Crippen LogP contribution < -0.4 is 0 Å². The van der Waals surface area contributed by atoms with E-state index < -0.39 is 0 Å². The van der Waals surface area contributed by atoms with E-state index in [-0.39, 0.29) is 0 Å². The van der Waals surface area contributed by atoms with E-state index in [2.05, 4.69) is 37.9 Å². The number of benzene rings is 1. The van der Waals surface area contributed by atoms with Crippen LogP contribution in [0.3, 0.4) is 0 Å². The number of alkyl halides is 1. The molecule has 1 nitrogen and oxygen atoms in total. The van der Waals surface area contributed by atoms with Crippen LogP contribution in [-0.4, -0.2) is 11.9 Å². The van der Waals surface area contributed by atoms with Gasteiger partial charge in [-0.15, -0.1) is 0 Å². The van der Waals surface area contributed by atoms with Crippen LogP contribution in [0, 0.1) is 0 Å². The van der Waals surface area contributed by atoms with Crippen LogP contribution in [0.1, 0.15) is 18.4 Å². The van der Waals surface area contributed by atoms with Crippen molar-refractivity contribution in [3.63, 3.8) is 0 Å². The summed E-state index contributed by atoms with van der Waals surface area (Å²) >= 11 is 6.89. The molecular weight excluding hydrogens is 308 g/mol. The maximum absolute atomic E-state index is 5.55. The summed E-state index contributed by atoms with van der Waals surface area (Å²) < 4.78 is 6.68. The average molecular weight is 322 g/mol. The second-order valence-corrected chi connectivity index (χ2v) is 4.69. The Hall–Kier alpha value is 0.140. The highest BCUT2D eigenvalue weighted by atomic mass is 79.9. The summed E-state index contributed by atoms with van der Waals surface area (Å²) in [5, 5.41) is 1.06. The van der Waals surface area contributed by atoms with E-state index in [4.69, 9.17) is 4.74 Å². The van der Waals surface area contributed by atoms with Crippen LogP contribution in [0.4, 0.5) is 0 Å². The number of ether oxygens (including phenoxy) is 1. The SMILES string of the molecule is BrCCCCOCc1ccccc1Br. The summed E-state index contributed by atoms with van der Waals surface area (Å²) in [4.78, 5) is 0. The molecule has 1 rings (SSSR count). The third-order valence-corrected chi connectivity index (χ3v) is 3.22. The molecule has 0 amide bonds. The summed E-state index contributed by atoms with van der Waals surface area (Å²) in [6, 6.07) is 8.16. The topological polar surface area (TPSA) is 9.23 Å². The van der Waals surface area contributed by atoms with E-state index in [1.165, 1.54) is 12.0 Å². The molecule has 1 aromatic carbocycles. The van der Waals surface area contributed by atoms with Gasteiger partial charge >= 0.3 is 0 Å². The van der Waals surface area contributed by atoms with Crippen LogP contribution in [0.5, 0.6) is 0 Å². The molecule has 0 radical (unpaired) electrons. The first-order valence-electron chi connectivity index (χ1n) is 4.71. The van der Waals surface area contributed by atoms with Crippen molar-refractivity contribution >= 4 is 31.9 Å². The minimum atomic E-state index is 0.698. The van der Waals surface area contributed by atoms with Gasteiger partial charge in [-0.1, -0.05) is 50.1 Å². The third-order valence-electron chi connectivity index (χ3n) is 1.89. The zero-order valence-corrected chi connectivity index (χ0v) is 11.2. The van der Waals surface area contributed by atoms with Gasteiger partial charge in [0, 0.05) is 16.4 Å². The molecule has 3 heteroatoms. The Morgan fingerprint density at radius 2 is 1.93 bits per heavy atom. The zero-order chi connectivity index (χ0) is 10.2. The van der Waals surface area contributed by atoms with E-state index >= 15 is 0 Å². The fourth-order valence-electron chi connectivity index (χ4n) is 1.10. The lowest BCUT2D eigenvalue weighted by Gasteiger charge is -2.05. The van der Waals surface area contributed by atoms with E-state index in [0.29, 0.717) is 6.61 Å². The smallest absolute Gasteiger partial charge is 0.0727 e. The van der Waals surface area contributed by atoms with Crippen molar-refractivity contribution in [2.24, 2.45) is 0 Å². The van der Waals surface area contributed by atoms with Gasteiger partial charge in [-0.05, 0) is 24.5 Å². The van der Waals surface area contributed by atoms with E-state index in [1.807, 2.05) is 18.2 Å². The van der Waals surface area contributed by atoms with Gasteiger partial charge in [0.1, 0.15) is 0 Å². The van der Waals surface area contributed by atoms with Crippen molar-refractivity contribution in [3.05, 3.63) is 34.3 Å². The number of halogens is 2. The minimum absolute atomic E-state index is 0.698. The monoisotopic (exact) mass is 320 g/mol. The second kappa shape index (κ2) is 7.43. The van der Waals surface area contributed by atoms with Crippen molar-refractivity contribution in [2.75, 3.05) is 11.9 Å². The highest BCUT2D eigenvalue weighted by Gasteiger charge is 1.97. The maximum atomic E-state index is 5.55. The predicted octanol–water partition coefficient (Wildman–Crippen LogP) is 4.14. The Kier molecular flexibility index (Phi) is 6.48. The van der Waals surface area contributed by atoms with Crippen molar-refractivity contribution < 1.29 is 4.74 Å². The Morgan fingerprint density at radius 1 is 1.14 bits per heavy atom. The van der Waals surface area contributed by atoms with Gasteiger partial charge in [-0.2, -0.15) is 0 Å². The van der Waals surface area contributed by atoms with Gasteiger partial charge in [-0.25, -0.2) is 0 Å². The van der Waals surface area contributed by atoms with Gasteiger partial charge < -0.3 is 4.74 Å². The lowest BCUT2D eigenvalue weighted by atomic mass is 10.2. The lowest BCUT2D eigenvalue weighted by molar-refractivity contribution is 0.118. The number of hydrogen-bond donors (Lipinski definition) is 0. The molecule has 0 fully saturated rings. The first-order chi connectivity index (χ1) is 6.84. The van der Waals surface area contributed by atoms with Crippen LogP contribution in [0.2, 0.25) is 0 Å². The molecule has 78 valence electrons. The molecule has 0 spiro atoms. The Bertz CT molecular complexity index is 263. The van der Waals surface area contributed by atoms with E-state index in [9.17, 15) is 0 Å². The van der Waals surface area contributed by atoms with Crippen LogP contribution in [0.25, 0.3) is 0 Å². The number of hydrogen-bond acceptors (Lipinski definition) is 1. The first kappa shape index (κ1) is 12.2. The van der Waals surface area contributed by atoms with Crippen molar-refractivity contribution in [3.8, 4) is 0 Å². The summed E-state index contributed by atoms with van der Waals surface area (Å²) in [6.45, 7) is 1.54. The standard InChI is InChI=1S/C11H14Br2O/c12-7-3-4-8-14-9-10-5-1-2-6-11(10)13/h1-2,5-6H,3-4,7-9H2. The predicted molar refractivity (Wildman–Crippen MR) is 66.8 cm³/mol. The Balaban J connectivity index is 2.21. The molecular formula is C11H14Br2O. The van der Waals surface area contributed by atoms with Crippen molar-refractivity contribution in [1.82, 2.24) is 0 Å². The Morgan fingerprint density at radius 3 is 2.64 bits per heavy atom. The molecule has 0 atom stereocenters. The summed E-state index contributed by atoms with van der Waals surface area (Å²) in [5.41, 5.74) is 1.21. The molecule has 14 heavy (non-hydrogen) atoms. The molecule has 1 aromatic rings. The number of rotatable bonds is 6. The van der Waals surface area contributed by atoms with Gasteiger partial charge in [0.2, 0.25) is 0 Å². The van der Waals surface area contributed by atoms with Crippen molar-refractivity contribution in [2.45, 2.75) is 19.4 Å². The molecule has 0 aliphatic rings. The summed E-state index contributed by atoms with van der Waals surface area (Å²) in [7, 11) is 0. The largest absolute Gasteiger partial charge is 0.377 e. The summed E-state index contributed by atoms with van der Waals surface area (Å²) in [5.74, 6) is 0. The molecule has 0 bridgehead atoms. The van der Waals surface area contributed by atoms with Gasteiger partial charge in [-0.3, -0.25) is 0 Å². The highest BCUT2D eigenvalue weighted by molar-refractivity contribution is 9.10. The summed E-state index contributed by atoms with van der Waals surface area (Å²) in [6.07, 6.45) is 2.30. The lowest BCUT2D eigenvalue weighted by Crippen LogP contribution is -1.96. The molecule has 0 aromatic heterocycles. The van der Waals surface area contributed by atoms with Crippen LogP contribution >= 0.6 is 31.9 Å². The quantitative estimate of drug-likeness (QED) is 0.565. The molecule has 0 aliphatic carbocycles. The fraction of sp³-hybridized carbons (Fsp3) is 0.455. The second-order valence-electron chi connectivity index (χ2n) is 3.04. The fourth-order valence-corrected chi connectivity index (χ4v) is 1.89. The molecule has 0 aliphatic heterocycles. The van der Waals surface area contributed by atoms with Gasteiger partial charge in [0.15, 0.2) is 0 Å². The minimum Gasteiger partial charge on any atom is -0.377 e.